The quantitative estimate of drug-likeness (QED) is 0.816. The molecule has 0 N–H and O–H groups in total. The van der Waals surface area contributed by atoms with Gasteiger partial charge in [0.25, 0.3) is 6.43 Å². The minimum Gasteiger partial charge on any atom is -0.497 e. The number of rotatable bonds is 3. The normalized spacial score (nSPS) is 10.8. The van der Waals surface area contributed by atoms with Gasteiger partial charge in [0, 0.05) is 5.56 Å². The Labute approximate surface area is 95.7 Å². The summed E-state index contributed by atoms with van der Waals surface area (Å²) < 4.78 is 33.7. The third-order valence-electron chi connectivity index (χ3n) is 2.13. The predicted molar refractivity (Wildman–Crippen MR) is 59.1 cm³/mol. The first kappa shape index (κ1) is 11.0. The smallest absolute Gasteiger partial charge is 0.274 e. The average Bonchev–Trinajstić information content (AvgIpc) is 2.78. The highest BCUT2D eigenvalue weighted by molar-refractivity contribution is 7.06. The first-order chi connectivity index (χ1) is 7.70. The zero-order valence-electron chi connectivity index (χ0n) is 8.48. The van der Waals surface area contributed by atoms with Crippen molar-refractivity contribution < 1.29 is 13.5 Å². The summed E-state index contributed by atoms with van der Waals surface area (Å²) in [5, 5.41) is 0. The zero-order valence-corrected chi connectivity index (χ0v) is 9.30. The maximum absolute atomic E-state index is 12.4. The Hall–Kier alpha value is -1.49. The topological polar surface area (TPSA) is 22.1 Å². The first-order valence-electron chi connectivity index (χ1n) is 4.60. The highest BCUT2D eigenvalue weighted by Crippen LogP contribution is 2.29. The Balaban J connectivity index is 2.28. The Morgan fingerprint density at radius 2 is 1.94 bits per heavy atom. The van der Waals surface area contributed by atoms with Crippen LogP contribution in [-0.2, 0) is 0 Å². The van der Waals surface area contributed by atoms with Gasteiger partial charge in [-0.05, 0) is 41.9 Å². The van der Waals surface area contributed by atoms with Crippen LogP contribution in [0.2, 0.25) is 0 Å². The molecule has 2 aromatic rings. The lowest BCUT2D eigenvalue weighted by molar-refractivity contribution is 0.155. The molecule has 0 bridgehead atoms. The summed E-state index contributed by atoms with van der Waals surface area (Å²) in [6.07, 6.45) is -2.45. The minimum atomic E-state index is -2.45. The van der Waals surface area contributed by atoms with E-state index in [1.807, 2.05) is 0 Å². The molecule has 0 aliphatic carbocycles. The van der Waals surface area contributed by atoms with Crippen LogP contribution in [0.15, 0.2) is 30.3 Å². The monoisotopic (exact) mass is 241 g/mol. The SMILES string of the molecule is COc1ccc(-c2cc(C(F)F)sn2)cc1. The van der Waals surface area contributed by atoms with E-state index in [0.29, 0.717) is 5.69 Å². The Bertz CT molecular complexity index is 467. The molecule has 0 saturated carbocycles. The van der Waals surface area contributed by atoms with Gasteiger partial charge < -0.3 is 4.74 Å². The lowest BCUT2D eigenvalue weighted by Crippen LogP contribution is -1.82. The number of halogens is 2. The number of benzene rings is 1. The van der Waals surface area contributed by atoms with Crippen LogP contribution in [0.5, 0.6) is 5.75 Å². The predicted octanol–water partition coefficient (Wildman–Crippen LogP) is 3.76. The van der Waals surface area contributed by atoms with Crippen molar-refractivity contribution in [3.05, 3.63) is 35.2 Å². The molecule has 0 amide bonds. The molecule has 2 rings (SSSR count). The first-order valence-corrected chi connectivity index (χ1v) is 5.37. The van der Waals surface area contributed by atoms with Crippen molar-refractivity contribution in [3.63, 3.8) is 0 Å². The fourth-order valence-electron chi connectivity index (χ4n) is 1.29. The van der Waals surface area contributed by atoms with Gasteiger partial charge in [-0.1, -0.05) is 0 Å². The van der Waals surface area contributed by atoms with E-state index in [-0.39, 0.29) is 4.88 Å². The van der Waals surface area contributed by atoms with Crippen molar-refractivity contribution in [2.45, 2.75) is 6.43 Å². The van der Waals surface area contributed by atoms with Crippen LogP contribution in [-0.4, -0.2) is 11.5 Å². The second kappa shape index (κ2) is 4.57. The second-order valence-corrected chi connectivity index (χ2v) is 3.98. The van der Waals surface area contributed by atoms with E-state index in [0.717, 1.165) is 22.8 Å². The molecule has 0 saturated heterocycles. The van der Waals surface area contributed by atoms with E-state index in [4.69, 9.17) is 4.74 Å². The molecule has 0 radical (unpaired) electrons. The molecule has 1 heterocycles. The largest absolute Gasteiger partial charge is 0.497 e. The van der Waals surface area contributed by atoms with Gasteiger partial charge in [0.2, 0.25) is 0 Å². The van der Waals surface area contributed by atoms with Crippen molar-refractivity contribution in [2.24, 2.45) is 0 Å². The number of alkyl halides is 2. The Morgan fingerprint density at radius 3 is 2.44 bits per heavy atom. The van der Waals surface area contributed by atoms with Gasteiger partial charge in [-0.25, -0.2) is 8.78 Å². The molecule has 2 nitrogen and oxygen atoms in total. The summed E-state index contributed by atoms with van der Waals surface area (Å²) in [5.74, 6) is 0.730. The summed E-state index contributed by atoms with van der Waals surface area (Å²) in [7, 11) is 1.58. The molecule has 0 spiro atoms. The molecule has 0 aliphatic rings. The molecule has 5 heteroatoms. The number of methoxy groups -OCH3 is 1. The Morgan fingerprint density at radius 1 is 1.25 bits per heavy atom. The van der Waals surface area contributed by atoms with Crippen molar-refractivity contribution in [1.29, 1.82) is 0 Å². The van der Waals surface area contributed by atoms with Gasteiger partial charge in [-0.15, -0.1) is 0 Å². The standard InChI is InChI=1S/C11H9F2NOS/c1-15-8-4-2-7(3-5-8)9-6-10(11(12)13)16-14-9/h2-6,11H,1H3. The molecule has 0 aliphatic heterocycles. The maximum atomic E-state index is 12.4. The van der Waals surface area contributed by atoms with Gasteiger partial charge in [-0.2, -0.15) is 4.37 Å². The number of nitrogens with zero attached hydrogens (tertiary/aromatic N) is 1. The van der Waals surface area contributed by atoms with E-state index in [1.165, 1.54) is 6.07 Å². The molecule has 84 valence electrons. The summed E-state index contributed by atoms with van der Waals surface area (Å²) in [4.78, 5) is -0.00850. The van der Waals surface area contributed by atoms with Crippen molar-refractivity contribution in [3.8, 4) is 17.0 Å². The highest BCUT2D eigenvalue weighted by atomic mass is 32.1. The average molecular weight is 241 g/mol. The number of aromatic nitrogens is 1. The summed E-state index contributed by atoms with van der Waals surface area (Å²) >= 11 is 0.831. The van der Waals surface area contributed by atoms with Crippen LogP contribution in [0.3, 0.4) is 0 Å². The summed E-state index contributed by atoms with van der Waals surface area (Å²) in [6.45, 7) is 0. The molecule has 0 atom stereocenters. The van der Waals surface area contributed by atoms with Crippen LogP contribution in [0.25, 0.3) is 11.3 Å². The fourth-order valence-corrected chi connectivity index (χ4v) is 1.90. The fraction of sp³-hybridized carbons (Fsp3) is 0.182. The maximum Gasteiger partial charge on any atom is 0.274 e. The number of hydrogen-bond donors (Lipinski definition) is 0. The van der Waals surface area contributed by atoms with E-state index >= 15 is 0 Å². The van der Waals surface area contributed by atoms with E-state index in [9.17, 15) is 8.78 Å². The number of ether oxygens (including phenoxy) is 1. The Kier molecular flexibility index (Phi) is 3.14. The van der Waals surface area contributed by atoms with Gasteiger partial charge >= 0.3 is 0 Å². The minimum absolute atomic E-state index is 0.00850. The number of hydrogen-bond acceptors (Lipinski definition) is 3. The van der Waals surface area contributed by atoms with Crippen LogP contribution in [0.1, 0.15) is 11.3 Å². The third-order valence-corrected chi connectivity index (χ3v) is 2.92. The van der Waals surface area contributed by atoms with E-state index < -0.39 is 6.43 Å². The van der Waals surface area contributed by atoms with Gasteiger partial charge in [0.1, 0.15) is 5.75 Å². The van der Waals surface area contributed by atoms with Crippen LogP contribution < -0.4 is 4.74 Å². The van der Waals surface area contributed by atoms with Gasteiger partial charge in [0.05, 0.1) is 17.7 Å². The molecular formula is C11H9F2NOS. The van der Waals surface area contributed by atoms with Crippen molar-refractivity contribution in [2.75, 3.05) is 7.11 Å². The zero-order chi connectivity index (χ0) is 11.5. The lowest BCUT2D eigenvalue weighted by Gasteiger charge is -2.00. The molecule has 1 aromatic carbocycles. The van der Waals surface area contributed by atoms with Crippen molar-refractivity contribution >= 4 is 11.5 Å². The molecule has 0 unspecified atom stereocenters. The third kappa shape index (κ3) is 2.19. The second-order valence-electron chi connectivity index (χ2n) is 3.14. The van der Waals surface area contributed by atoms with Gasteiger partial charge in [0.15, 0.2) is 0 Å². The van der Waals surface area contributed by atoms with Crippen LogP contribution >= 0.6 is 11.5 Å². The molecule has 0 fully saturated rings. The van der Waals surface area contributed by atoms with E-state index in [1.54, 1.807) is 31.4 Å². The van der Waals surface area contributed by atoms with Crippen LogP contribution in [0, 0.1) is 0 Å². The lowest BCUT2D eigenvalue weighted by atomic mass is 10.1. The molecule has 16 heavy (non-hydrogen) atoms. The summed E-state index contributed by atoms with van der Waals surface area (Å²) in [6, 6.07) is 8.55. The highest BCUT2D eigenvalue weighted by Gasteiger charge is 2.12. The van der Waals surface area contributed by atoms with Crippen molar-refractivity contribution in [1.82, 2.24) is 4.37 Å². The summed E-state index contributed by atoms with van der Waals surface area (Å²) in [5.41, 5.74) is 1.38. The van der Waals surface area contributed by atoms with Gasteiger partial charge in [-0.3, -0.25) is 0 Å². The molecular weight excluding hydrogens is 232 g/mol. The van der Waals surface area contributed by atoms with Crippen LogP contribution in [0.4, 0.5) is 8.78 Å². The van der Waals surface area contributed by atoms with E-state index in [2.05, 4.69) is 4.37 Å². The molecule has 1 aromatic heterocycles.